The third kappa shape index (κ3) is 7.16. The minimum absolute atomic E-state index is 0.108. The topological polar surface area (TPSA) is 93.1 Å². The van der Waals surface area contributed by atoms with Gasteiger partial charge in [0.25, 0.3) is 0 Å². The molecule has 8 nitrogen and oxygen atoms in total. The Morgan fingerprint density at radius 3 is 2.55 bits per heavy atom. The first-order valence-electron chi connectivity index (χ1n) is 16.0. The number of pyridine rings is 2. The molecule has 1 saturated heterocycles. The van der Waals surface area contributed by atoms with Crippen LogP contribution in [0.3, 0.4) is 0 Å². The van der Waals surface area contributed by atoms with E-state index >= 15 is 0 Å². The third-order valence-corrected chi connectivity index (χ3v) is 9.38. The molecule has 47 heavy (non-hydrogen) atoms. The number of benzene rings is 2. The molecular formula is C37H40Cl2N6O2. The van der Waals surface area contributed by atoms with Gasteiger partial charge in [0.2, 0.25) is 11.8 Å². The number of nitrogens with zero attached hydrogens (tertiary/aromatic N) is 3. The van der Waals surface area contributed by atoms with Crippen LogP contribution in [-0.4, -0.2) is 46.7 Å². The van der Waals surface area contributed by atoms with Crippen molar-refractivity contribution >= 4 is 40.0 Å². The molecule has 5 aromatic rings. The molecule has 244 valence electrons. The van der Waals surface area contributed by atoms with E-state index in [0.29, 0.717) is 52.7 Å². The molecule has 1 aliphatic rings. The summed E-state index contributed by atoms with van der Waals surface area (Å²) in [5.41, 5.74) is 7.99. The maximum atomic E-state index is 11.5. The molecule has 4 heterocycles. The number of carbonyl (C=O) groups excluding carboxylic acids is 1. The monoisotopic (exact) mass is 670 g/mol. The normalized spacial score (nSPS) is 14.7. The highest BCUT2D eigenvalue weighted by molar-refractivity contribution is 6.39. The molecule has 0 aliphatic carbocycles. The van der Waals surface area contributed by atoms with Gasteiger partial charge in [0.15, 0.2) is 0 Å². The fraction of sp³-hybridized carbons (Fsp3) is 0.324. The van der Waals surface area contributed by atoms with Crippen molar-refractivity contribution in [2.24, 2.45) is 13.0 Å². The number of carbonyl (C=O) groups is 1. The molecule has 1 fully saturated rings. The number of aromatic nitrogens is 3. The first kappa shape index (κ1) is 33.0. The lowest BCUT2D eigenvalue weighted by Gasteiger charge is -2.15. The summed E-state index contributed by atoms with van der Waals surface area (Å²) < 4.78 is 7.81. The van der Waals surface area contributed by atoms with Crippen LogP contribution in [0.25, 0.3) is 44.5 Å². The number of fused-ring (bicyclic) bond motifs is 1. The first-order chi connectivity index (χ1) is 22.7. The molecule has 0 bridgehead atoms. The van der Waals surface area contributed by atoms with Gasteiger partial charge >= 0.3 is 0 Å². The van der Waals surface area contributed by atoms with E-state index in [4.69, 9.17) is 37.9 Å². The number of rotatable bonds is 12. The summed E-state index contributed by atoms with van der Waals surface area (Å²) in [7, 11) is 3.68. The number of hydrogen-bond donors (Lipinski definition) is 3. The van der Waals surface area contributed by atoms with Crippen molar-refractivity contribution in [3.05, 3.63) is 88.2 Å². The van der Waals surface area contributed by atoms with E-state index in [1.807, 2.05) is 36.4 Å². The Hall–Kier alpha value is -3.95. The van der Waals surface area contributed by atoms with Crippen LogP contribution in [0.5, 0.6) is 5.88 Å². The van der Waals surface area contributed by atoms with Crippen molar-refractivity contribution in [3.63, 3.8) is 0 Å². The van der Waals surface area contributed by atoms with Gasteiger partial charge in [0.1, 0.15) is 0 Å². The van der Waals surface area contributed by atoms with E-state index in [0.717, 1.165) is 52.8 Å². The van der Waals surface area contributed by atoms with Gasteiger partial charge < -0.3 is 25.3 Å². The number of halogens is 2. The van der Waals surface area contributed by atoms with Crippen molar-refractivity contribution in [2.45, 2.75) is 45.8 Å². The van der Waals surface area contributed by atoms with Crippen LogP contribution in [0, 0.1) is 5.92 Å². The van der Waals surface area contributed by atoms with Gasteiger partial charge in [-0.05, 0) is 42.6 Å². The fourth-order valence-corrected chi connectivity index (χ4v) is 6.83. The van der Waals surface area contributed by atoms with Crippen LogP contribution in [-0.2, 0) is 24.9 Å². The fourth-order valence-electron chi connectivity index (χ4n) is 6.18. The quantitative estimate of drug-likeness (QED) is 0.128. The Labute approximate surface area is 285 Å². The second-order valence-electron chi connectivity index (χ2n) is 12.5. The van der Waals surface area contributed by atoms with E-state index in [1.54, 1.807) is 13.3 Å². The number of ether oxygens (including phenoxy) is 1. The van der Waals surface area contributed by atoms with Gasteiger partial charge in [0.05, 0.1) is 28.5 Å². The van der Waals surface area contributed by atoms with Crippen LogP contribution in [0.4, 0.5) is 0 Å². The lowest BCUT2D eigenvalue weighted by atomic mass is 9.99. The minimum Gasteiger partial charge on any atom is -0.481 e. The van der Waals surface area contributed by atoms with Crippen molar-refractivity contribution < 1.29 is 9.53 Å². The molecule has 1 amide bonds. The van der Waals surface area contributed by atoms with Crippen molar-refractivity contribution in [3.8, 4) is 39.5 Å². The Bertz CT molecular complexity index is 1920. The molecular weight excluding hydrogens is 631 g/mol. The molecule has 0 unspecified atom stereocenters. The minimum atomic E-state index is 0.108. The molecule has 2 aromatic carbocycles. The Kier molecular flexibility index (Phi) is 10.1. The van der Waals surface area contributed by atoms with Crippen molar-refractivity contribution in [1.82, 2.24) is 30.5 Å². The second-order valence-corrected chi connectivity index (χ2v) is 13.3. The molecule has 0 saturated carbocycles. The lowest BCUT2D eigenvalue weighted by Crippen LogP contribution is -2.35. The summed E-state index contributed by atoms with van der Waals surface area (Å²) >= 11 is 14.2. The van der Waals surface area contributed by atoms with Crippen molar-refractivity contribution in [2.75, 3.05) is 20.2 Å². The molecule has 6 rings (SSSR count). The van der Waals surface area contributed by atoms with E-state index in [1.165, 1.54) is 10.9 Å². The molecule has 1 aliphatic heterocycles. The summed E-state index contributed by atoms with van der Waals surface area (Å²) in [5, 5.41) is 12.2. The second kappa shape index (κ2) is 14.4. The average molecular weight is 672 g/mol. The molecule has 3 aromatic heterocycles. The zero-order chi connectivity index (χ0) is 33.1. The third-order valence-electron chi connectivity index (χ3n) is 8.59. The van der Waals surface area contributed by atoms with Crippen LogP contribution in [0.15, 0.2) is 67.0 Å². The van der Waals surface area contributed by atoms with Gasteiger partial charge in [-0.2, -0.15) is 0 Å². The maximum absolute atomic E-state index is 11.5. The Balaban J connectivity index is 1.26. The van der Waals surface area contributed by atoms with E-state index in [-0.39, 0.29) is 11.9 Å². The summed E-state index contributed by atoms with van der Waals surface area (Å²) in [6.45, 7) is 7.47. The predicted molar refractivity (Wildman–Crippen MR) is 191 cm³/mol. The molecule has 3 N–H and O–H groups in total. The number of nitrogens with one attached hydrogen (secondary N) is 3. The smallest absolute Gasteiger partial charge is 0.220 e. The summed E-state index contributed by atoms with van der Waals surface area (Å²) in [6.07, 6.45) is 5.38. The van der Waals surface area contributed by atoms with Gasteiger partial charge in [-0.25, -0.2) is 4.98 Å². The zero-order valence-electron chi connectivity index (χ0n) is 27.2. The predicted octanol–water partition coefficient (Wildman–Crippen LogP) is 7.40. The van der Waals surface area contributed by atoms with Gasteiger partial charge in [-0.1, -0.05) is 73.4 Å². The molecule has 0 spiro atoms. The van der Waals surface area contributed by atoms with E-state index in [2.05, 4.69) is 65.8 Å². The lowest BCUT2D eigenvalue weighted by molar-refractivity contribution is -0.119. The Morgan fingerprint density at radius 1 is 1.00 bits per heavy atom. The molecule has 0 radical (unpaired) electrons. The van der Waals surface area contributed by atoms with Gasteiger partial charge in [0, 0.05) is 90.3 Å². The maximum Gasteiger partial charge on any atom is 0.220 e. The Morgan fingerprint density at radius 2 is 1.79 bits per heavy atom. The molecule has 1 atom stereocenters. The van der Waals surface area contributed by atoms with Gasteiger partial charge in [-0.3, -0.25) is 9.78 Å². The van der Waals surface area contributed by atoms with Crippen molar-refractivity contribution in [1.29, 1.82) is 0 Å². The number of hydrogen-bond acceptors (Lipinski definition) is 6. The van der Waals surface area contributed by atoms with Crippen LogP contribution >= 0.6 is 23.2 Å². The summed E-state index contributed by atoms with van der Waals surface area (Å²) in [4.78, 5) is 21.0. The molecule has 10 heteroatoms. The van der Waals surface area contributed by atoms with E-state index in [9.17, 15) is 4.79 Å². The largest absolute Gasteiger partial charge is 0.481 e. The summed E-state index contributed by atoms with van der Waals surface area (Å²) in [5.74, 6) is 1.22. The standard InChI is InChI=1S/C37H40Cl2N6O2/c1-22(2)17-40-19-25-21-45(3)32-16-23(8-11-27(25)32)36-35(39)29(14-15-42-36)28-6-5-7-30(34(28)38)31-12-9-24(37(44-31)47-4)18-41-20-26-10-13-33(46)43-26/h5-9,11-12,14-16,21-22,26,40-41H,10,13,17-20H2,1-4H3,(H,43,46)/t26-/m0/s1. The van der Waals surface area contributed by atoms with Gasteiger partial charge in [-0.15, -0.1) is 0 Å². The highest BCUT2D eigenvalue weighted by atomic mass is 35.5. The zero-order valence-corrected chi connectivity index (χ0v) is 28.7. The van der Waals surface area contributed by atoms with Crippen LogP contribution in [0.2, 0.25) is 10.0 Å². The first-order valence-corrected chi connectivity index (χ1v) is 16.8. The van der Waals surface area contributed by atoms with E-state index < -0.39 is 0 Å². The van der Waals surface area contributed by atoms with Crippen LogP contribution in [0.1, 0.15) is 37.8 Å². The highest BCUT2D eigenvalue weighted by Crippen LogP contribution is 2.42. The number of amides is 1. The SMILES string of the molecule is COc1nc(-c2cccc(-c3ccnc(-c4ccc5c(CNCC(C)C)cn(C)c5c4)c3Cl)c2Cl)ccc1CNC[C@@H]1CCC(=O)N1. The highest BCUT2D eigenvalue weighted by Gasteiger charge is 2.21. The summed E-state index contributed by atoms with van der Waals surface area (Å²) in [6, 6.07) is 18.2. The number of methoxy groups -OCH3 is 1. The average Bonchev–Trinajstić information content (AvgIpc) is 3.62. The number of aryl methyl sites for hydroxylation is 1. The van der Waals surface area contributed by atoms with Crippen LogP contribution < -0.4 is 20.7 Å².